The molecule has 0 bridgehead atoms. The third kappa shape index (κ3) is 5.45. The van der Waals surface area contributed by atoms with Gasteiger partial charge in [0.15, 0.2) is 0 Å². The second kappa shape index (κ2) is 10.3. The van der Waals surface area contributed by atoms with Crippen LogP contribution in [0.4, 0.5) is 5.69 Å². The number of hydrogen-bond acceptors (Lipinski definition) is 4. The summed E-state index contributed by atoms with van der Waals surface area (Å²) in [6.45, 7) is 0.449. The van der Waals surface area contributed by atoms with Crippen LogP contribution < -0.4 is 5.32 Å². The summed E-state index contributed by atoms with van der Waals surface area (Å²) in [5.74, 6) is 0.313. The monoisotopic (exact) mass is 431 g/mol. The zero-order valence-corrected chi connectivity index (χ0v) is 18.4. The van der Waals surface area contributed by atoms with Crippen molar-refractivity contribution in [3.8, 4) is 0 Å². The molecule has 0 radical (unpaired) electrons. The highest BCUT2D eigenvalue weighted by Crippen LogP contribution is 2.33. The van der Waals surface area contributed by atoms with Crippen LogP contribution in [0, 0.1) is 0 Å². The minimum Gasteiger partial charge on any atom is -0.467 e. The Hall–Kier alpha value is -3.38. The molecule has 6 nitrogen and oxygen atoms in total. The molecule has 32 heavy (non-hydrogen) atoms. The Morgan fingerprint density at radius 2 is 1.78 bits per heavy atom. The molecule has 0 unspecified atom stereocenters. The van der Waals surface area contributed by atoms with Crippen LogP contribution in [0.15, 0.2) is 77.4 Å². The predicted octanol–water partition coefficient (Wildman–Crippen LogP) is 4.26. The number of fused-ring (bicyclic) bond motifs is 1. The molecule has 2 aromatic carbocycles. The van der Waals surface area contributed by atoms with Crippen molar-refractivity contribution in [1.29, 1.82) is 0 Å². The minimum atomic E-state index is -0.234. The lowest BCUT2D eigenvalue weighted by molar-refractivity contribution is -0.136. The fraction of sp³-hybridized carbons (Fsp3) is 0.308. The van der Waals surface area contributed by atoms with Crippen LogP contribution in [0.1, 0.15) is 35.8 Å². The second-order valence-corrected chi connectivity index (χ2v) is 8.27. The molecule has 3 aromatic rings. The predicted molar refractivity (Wildman–Crippen MR) is 124 cm³/mol. The van der Waals surface area contributed by atoms with E-state index in [1.807, 2.05) is 43.4 Å². The van der Waals surface area contributed by atoms with E-state index in [1.54, 1.807) is 17.2 Å². The molecule has 6 heteroatoms. The number of aryl methyl sites for hydroxylation is 1. The van der Waals surface area contributed by atoms with E-state index in [-0.39, 0.29) is 37.5 Å². The van der Waals surface area contributed by atoms with Gasteiger partial charge in [-0.05, 0) is 61.7 Å². The first kappa shape index (κ1) is 21.8. The lowest BCUT2D eigenvalue weighted by Gasteiger charge is -2.34. The smallest absolute Gasteiger partial charge is 0.244 e. The van der Waals surface area contributed by atoms with Gasteiger partial charge in [0, 0.05) is 11.7 Å². The van der Waals surface area contributed by atoms with E-state index in [4.69, 9.17) is 4.42 Å². The van der Waals surface area contributed by atoms with Crippen molar-refractivity contribution < 1.29 is 14.0 Å². The summed E-state index contributed by atoms with van der Waals surface area (Å²) in [5.41, 5.74) is 3.37. The Kier molecular flexibility index (Phi) is 7.02. The van der Waals surface area contributed by atoms with Gasteiger partial charge in [-0.15, -0.1) is 0 Å². The van der Waals surface area contributed by atoms with Gasteiger partial charge < -0.3 is 14.6 Å². The molecule has 1 aliphatic carbocycles. The molecular formula is C26H29N3O3. The summed E-state index contributed by atoms with van der Waals surface area (Å²) in [6, 6.07) is 21.5. The number of likely N-dealkylation sites (N-methyl/N-ethyl adjacent to an activating group) is 1. The lowest BCUT2D eigenvalue weighted by Crippen LogP contribution is -2.43. The molecule has 0 spiro atoms. The van der Waals surface area contributed by atoms with Crippen molar-refractivity contribution in [3.05, 3.63) is 89.9 Å². The van der Waals surface area contributed by atoms with Gasteiger partial charge in [-0.3, -0.25) is 14.5 Å². The zero-order valence-electron chi connectivity index (χ0n) is 18.4. The van der Waals surface area contributed by atoms with Crippen molar-refractivity contribution in [2.24, 2.45) is 0 Å². The maximum absolute atomic E-state index is 13.3. The number of anilines is 1. The Balaban J connectivity index is 1.44. The summed E-state index contributed by atoms with van der Waals surface area (Å²) in [7, 11) is 1.99. The number of nitrogens with zero attached hydrogens (tertiary/aromatic N) is 2. The van der Waals surface area contributed by atoms with Crippen molar-refractivity contribution in [3.63, 3.8) is 0 Å². The standard InChI is InChI=1S/C26H29N3O3/c1-28(24-15-7-10-20-9-5-6-14-23(20)24)19-26(31)29(17-22-13-8-16-32-22)18-25(30)27-21-11-3-2-4-12-21/h2-6,8-9,11-14,16,24H,7,10,15,17-19H2,1H3,(H,27,30)/t24-/m0/s1. The largest absolute Gasteiger partial charge is 0.467 e. The summed E-state index contributed by atoms with van der Waals surface area (Å²) < 4.78 is 5.44. The van der Waals surface area contributed by atoms with Crippen LogP contribution in [-0.4, -0.2) is 41.8 Å². The molecule has 1 aromatic heterocycles. The first-order chi connectivity index (χ1) is 15.6. The molecule has 0 aliphatic heterocycles. The topological polar surface area (TPSA) is 65.8 Å². The molecule has 166 valence electrons. The number of carbonyl (C=O) groups is 2. The molecule has 1 aliphatic rings. The fourth-order valence-electron chi connectivity index (χ4n) is 4.33. The Bertz CT molecular complexity index is 1030. The number of benzene rings is 2. The minimum absolute atomic E-state index is 0.0382. The number of para-hydroxylation sites is 1. The van der Waals surface area contributed by atoms with Crippen molar-refractivity contribution in [2.75, 3.05) is 25.5 Å². The van der Waals surface area contributed by atoms with Crippen LogP contribution >= 0.6 is 0 Å². The van der Waals surface area contributed by atoms with Crippen LogP contribution in [-0.2, 0) is 22.6 Å². The maximum atomic E-state index is 13.3. The zero-order chi connectivity index (χ0) is 22.3. The van der Waals surface area contributed by atoms with Gasteiger partial charge in [-0.1, -0.05) is 42.5 Å². The summed E-state index contributed by atoms with van der Waals surface area (Å²) in [5, 5.41) is 2.86. The molecule has 2 amide bonds. The van der Waals surface area contributed by atoms with Crippen molar-refractivity contribution >= 4 is 17.5 Å². The van der Waals surface area contributed by atoms with Crippen molar-refractivity contribution in [1.82, 2.24) is 9.80 Å². The number of nitrogens with one attached hydrogen (secondary N) is 1. The van der Waals surface area contributed by atoms with E-state index >= 15 is 0 Å². The third-order valence-electron chi connectivity index (χ3n) is 5.93. The van der Waals surface area contributed by atoms with Gasteiger partial charge in [-0.2, -0.15) is 0 Å². The van der Waals surface area contributed by atoms with E-state index in [0.29, 0.717) is 11.4 Å². The molecule has 4 rings (SSSR count). The van der Waals surface area contributed by atoms with Crippen LogP contribution in [0.3, 0.4) is 0 Å². The van der Waals surface area contributed by atoms with E-state index in [1.165, 1.54) is 11.1 Å². The quantitative estimate of drug-likeness (QED) is 0.579. The Morgan fingerprint density at radius 3 is 2.56 bits per heavy atom. The van der Waals surface area contributed by atoms with Crippen LogP contribution in [0.2, 0.25) is 0 Å². The van der Waals surface area contributed by atoms with E-state index < -0.39 is 0 Å². The molecule has 0 fully saturated rings. The van der Waals surface area contributed by atoms with E-state index in [0.717, 1.165) is 19.3 Å². The first-order valence-corrected chi connectivity index (χ1v) is 11.0. The number of furan rings is 1. The number of amides is 2. The molecule has 0 saturated carbocycles. The molecule has 1 N–H and O–H groups in total. The summed E-state index contributed by atoms with van der Waals surface area (Å²) >= 11 is 0. The van der Waals surface area contributed by atoms with Gasteiger partial charge in [0.1, 0.15) is 12.3 Å². The Labute approximate surface area is 188 Å². The van der Waals surface area contributed by atoms with Crippen molar-refractivity contribution in [2.45, 2.75) is 31.8 Å². The first-order valence-electron chi connectivity index (χ1n) is 11.0. The van der Waals surface area contributed by atoms with Gasteiger partial charge in [0.05, 0.1) is 19.4 Å². The summed E-state index contributed by atoms with van der Waals surface area (Å²) in [4.78, 5) is 29.6. The fourth-order valence-corrected chi connectivity index (χ4v) is 4.33. The number of rotatable bonds is 8. The van der Waals surface area contributed by atoms with Gasteiger partial charge >= 0.3 is 0 Å². The van der Waals surface area contributed by atoms with E-state index in [9.17, 15) is 9.59 Å². The average Bonchev–Trinajstić information content (AvgIpc) is 3.32. The van der Waals surface area contributed by atoms with E-state index in [2.05, 4.69) is 34.5 Å². The maximum Gasteiger partial charge on any atom is 0.244 e. The van der Waals surface area contributed by atoms with Crippen LogP contribution in [0.25, 0.3) is 0 Å². The SMILES string of the molecule is CN(CC(=O)N(CC(=O)Nc1ccccc1)Cc1ccco1)[C@H]1CCCc2ccccc21. The van der Waals surface area contributed by atoms with Gasteiger partial charge in [-0.25, -0.2) is 0 Å². The Morgan fingerprint density at radius 1 is 1.00 bits per heavy atom. The lowest BCUT2D eigenvalue weighted by atomic mass is 9.87. The molecular weight excluding hydrogens is 402 g/mol. The molecule has 0 saturated heterocycles. The third-order valence-corrected chi connectivity index (χ3v) is 5.93. The normalized spacial score (nSPS) is 15.2. The number of carbonyl (C=O) groups excluding carboxylic acids is 2. The highest BCUT2D eigenvalue weighted by molar-refractivity contribution is 5.94. The average molecular weight is 432 g/mol. The number of hydrogen-bond donors (Lipinski definition) is 1. The highest BCUT2D eigenvalue weighted by Gasteiger charge is 2.27. The van der Waals surface area contributed by atoms with Crippen LogP contribution in [0.5, 0.6) is 0 Å². The molecule has 1 heterocycles. The summed E-state index contributed by atoms with van der Waals surface area (Å²) in [6.07, 6.45) is 4.79. The molecule has 1 atom stereocenters. The van der Waals surface area contributed by atoms with Gasteiger partial charge in [0.25, 0.3) is 0 Å². The second-order valence-electron chi connectivity index (χ2n) is 8.27. The highest BCUT2D eigenvalue weighted by atomic mass is 16.3. The van der Waals surface area contributed by atoms with Gasteiger partial charge in [0.2, 0.25) is 11.8 Å².